The van der Waals surface area contributed by atoms with E-state index < -0.39 is 18.4 Å². The summed E-state index contributed by atoms with van der Waals surface area (Å²) in [6.45, 7) is 3.27. The number of ketones is 1. The topological polar surface area (TPSA) is 26.3 Å². The average molecular weight is 246 g/mol. The summed E-state index contributed by atoms with van der Waals surface area (Å²) >= 11 is 0. The molecule has 0 aliphatic carbocycles. The van der Waals surface area contributed by atoms with Crippen LogP contribution in [0.5, 0.6) is 5.75 Å². The summed E-state index contributed by atoms with van der Waals surface area (Å²) in [4.78, 5) is 11.5. The predicted molar refractivity (Wildman–Crippen MR) is 57.5 cm³/mol. The summed E-state index contributed by atoms with van der Waals surface area (Å²) in [5.74, 6) is -0.355. The first-order chi connectivity index (χ1) is 7.74. The zero-order valence-corrected chi connectivity index (χ0v) is 9.81. The van der Waals surface area contributed by atoms with Crippen molar-refractivity contribution in [3.05, 3.63) is 28.8 Å². The van der Waals surface area contributed by atoms with Gasteiger partial charge in [-0.25, -0.2) is 0 Å². The molecule has 0 heterocycles. The van der Waals surface area contributed by atoms with Crippen LogP contribution in [0.2, 0.25) is 0 Å². The molecule has 1 aromatic rings. The lowest BCUT2D eigenvalue weighted by atomic mass is 9.99. The Morgan fingerprint density at radius 2 is 1.82 bits per heavy atom. The molecule has 1 aromatic carbocycles. The predicted octanol–water partition coefficient (Wildman–Crippen LogP) is 3.45. The highest BCUT2D eigenvalue weighted by molar-refractivity contribution is 5.98. The van der Waals surface area contributed by atoms with Gasteiger partial charge in [0.1, 0.15) is 12.2 Å². The number of carbonyl (C=O) groups excluding carboxylic acids is 1. The van der Waals surface area contributed by atoms with E-state index in [2.05, 4.69) is 0 Å². The Morgan fingerprint density at radius 1 is 1.24 bits per heavy atom. The molecule has 0 bridgehead atoms. The average Bonchev–Trinajstić information content (AvgIpc) is 2.18. The third kappa shape index (κ3) is 3.47. The van der Waals surface area contributed by atoms with Gasteiger partial charge < -0.3 is 4.74 Å². The molecule has 94 valence electrons. The Kier molecular flexibility index (Phi) is 3.80. The fraction of sp³-hybridized carbons (Fsp3) is 0.417. The van der Waals surface area contributed by atoms with Gasteiger partial charge in [0.25, 0.3) is 0 Å². The molecule has 0 N–H and O–H groups in total. The van der Waals surface area contributed by atoms with Gasteiger partial charge in [-0.3, -0.25) is 4.79 Å². The highest BCUT2D eigenvalue weighted by Crippen LogP contribution is 2.27. The number of ether oxygens (including phenoxy) is 1. The number of halogens is 3. The van der Waals surface area contributed by atoms with Crippen LogP contribution in [-0.4, -0.2) is 19.1 Å². The van der Waals surface area contributed by atoms with Crippen molar-refractivity contribution in [3.8, 4) is 5.75 Å². The fourth-order valence-electron chi connectivity index (χ4n) is 1.59. The quantitative estimate of drug-likeness (QED) is 0.763. The Hall–Kier alpha value is -1.52. The summed E-state index contributed by atoms with van der Waals surface area (Å²) in [5.41, 5.74) is 1.23. The van der Waals surface area contributed by atoms with Gasteiger partial charge in [-0.2, -0.15) is 13.2 Å². The molecule has 0 aliphatic rings. The second kappa shape index (κ2) is 4.77. The van der Waals surface area contributed by atoms with Gasteiger partial charge in [-0.05, 0) is 37.1 Å². The Bertz CT molecular complexity index is 436. The second-order valence-electron chi connectivity index (χ2n) is 3.85. The SMILES string of the molecule is COc1cc(C)c(C(=O)CC(F)(F)F)cc1C. The Morgan fingerprint density at radius 3 is 2.29 bits per heavy atom. The normalized spacial score (nSPS) is 11.4. The first kappa shape index (κ1) is 13.5. The standard InChI is InChI=1S/C12H13F3O2/c1-7-5-11(17-3)8(2)4-9(7)10(16)6-12(13,14)15/h4-5H,6H2,1-3H3. The smallest absolute Gasteiger partial charge is 0.396 e. The maximum absolute atomic E-state index is 12.1. The van der Waals surface area contributed by atoms with E-state index in [-0.39, 0.29) is 5.56 Å². The van der Waals surface area contributed by atoms with Crippen LogP contribution in [0.25, 0.3) is 0 Å². The monoisotopic (exact) mass is 246 g/mol. The molecule has 0 saturated carbocycles. The highest BCUT2D eigenvalue weighted by Gasteiger charge is 2.32. The van der Waals surface area contributed by atoms with Gasteiger partial charge in [0, 0.05) is 5.56 Å². The van der Waals surface area contributed by atoms with E-state index in [1.165, 1.54) is 13.2 Å². The minimum absolute atomic E-state index is 0.0978. The number of hydrogen-bond acceptors (Lipinski definition) is 2. The largest absolute Gasteiger partial charge is 0.496 e. The molecule has 0 saturated heterocycles. The molecule has 0 aliphatic heterocycles. The van der Waals surface area contributed by atoms with Crippen molar-refractivity contribution in [2.75, 3.05) is 7.11 Å². The molecule has 0 atom stereocenters. The third-order valence-electron chi connectivity index (χ3n) is 2.40. The number of carbonyl (C=O) groups is 1. The molecule has 0 fully saturated rings. The van der Waals surface area contributed by atoms with Gasteiger partial charge >= 0.3 is 6.18 Å². The van der Waals surface area contributed by atoms with Crippen LogP contribution in [0.1, 0.15) is 27.9 Å². The lowest BCUT2D eigenvalue weighted by molar-refractivity contribution is -0.125. The number of rotatable bonds is 3. The van der Waals surface area contributed by atoms with Crippen molar-refractivity contribution in [3.63, 3.8) is 0 Å². The van der Waals surface area contributed by atoms with Crippen LogP contribution in [0, 0.1) is 13.8 Å². The van der Waals surface area contributed by atoms with Crippen molar-refractivity contribution < 1.29 is 22.7 Å². The number of Topliss-reactive ketones (excluding diaryl/α,β-unsaturated/α-hetero) is 1. The summed E-state index contributed by atoms with van der Waals surface area (Å²) < 4.78 is 41.4. The lowest BCUT2D eigenvalue weighted by Gasteiger charge is -2.11. The molecular formula is C12H13F3O2. The molecule has 0 amide bonds. The number of aryl methyl sites for hydroxylation is 2. The van der Waals surface area contributed by atoms with E-state index in [0.29, 0.717) is 16.9 Å². The van der Waals surface area contributed by atoms with E-state index in [0.717, 1.165) is 0 Å². The van der Waals surface area contributed by atoms with Crippen LogP contribution in [-0.2, 0) is 0 Å². The van der Waals surface area contributed by atoms with Crippen molar-refractivity contribution in [2.45, 2.75) is 26.4 Å². The van der Waals surface area contributed by atoms with Crippen molar-refractivity contribution in [2.24, 2.45) is 0 Å². The minimum atomic E-state index is -4.47. The maximum Gasteiger partial charge on any atom is 0.396 e. The number of hydrogen-bond donors (Lipinski definition) is 0. The van der Waals surface area contributed by atoms with Crippen molar-refractivity contribution in [1.29, 1.82) is 0 Å². The molecular weight excluding hydrogens is 233 g/mol. The van der Waals surface area contributed by atoms with Gasteiger partial charge in [-0.1, -0.05) is 0 Å². The first-order valence-electron chi connectivity index (χ1n) is 5.00. The molecule has 2 nitrogen and oxygen atoms in total. The number of benzene rings is 1. The molecule has 5 heteroatoms. The summed E-state index contributed by atoms with van der Waals surface area (Å²) in [5, 5.41) is 0. The van der Waals surface area contributed by atoms with Crippen LogP contribution in [0.4, 0.5) is 13.2 Å². The number of methoxy groups -OCH3 is 1. The van der Waals surface area contributed by atoms with Gasteiger partial charge in [-0.15, -0.1) is 0 Å². The summed E-state index contributed by atoms with van der Waals surface area (Å²) in [7, 11) is 1.47. The molecule has 0 radical (unpaired) electrons. The summed E-state index contributed by atoms with van der Waals surface area (Å²) in [6.07, 6.45) is -5.91. The van der Waals surface area contributed by atoms with E-state index in [1.807, 2.05) is 0 Å². The fourth-order valence-corrected chi connectivity index (χ4v) is 1.59. The van der Waals surface area contributed by atoms with E-state index >= 15 is 0 Å². The van der Waals surface area contributed by atoms with E-state index in [1.54, 1.807) is 19.9 Å². The first-order valence-corrected chi connectivity index (χ1v) is 5.00. The molecule has 0 unspecified atom stereocenters. The van der Waals surface area contributed by atoms with Gasteiger partial charge in [0.2, 0.25) is 0 Å². The minimum Gasteiger partial charge on any atom is -0.496 e. The third-order valence-corrected chi connectivity index (χ3v) is 2.40. The maximum atomic E-state index is 12.1. The number of alkyl halides is 3. The Balaban J connectivity index is 3.07. The molecule has 1 rings (SSSR count). The van der Waals surface area contributed by atoms with Crippen molar-refractivity contribution >= 4 is 5.78 Å². The zero-order chi connectivity index (χ0) is 13.2. The highest BCUT2D eigenvalue weighted by atomic mass is 19.4. The van der Waals surface area contributed by atoms with Crippen LogP contribution in [0.15, 0.2) is 12.1 Å². The van der Waals surface area contributed by atoms with Crippen LogP contribution >= 0.6 is 0 Å². The lowest BCUT2D eigenvalue weighted by Crippen LogP contribution is -2.16. The van der Waals surface area contributed by atoms with Gasteiger partial charge in [0.05, 0.1) is 7.11 Å². The molecule has 17 heavy (non-hydrogen) atoms. The Labute approximate surface area is 97.4 Å². The van der Waals surface area contributed by atoms with E-state index in [9.17, 15) is 18.0 Å². The molecule has 0 spiro atoms. The van der Waals surface area contributed by atoms with Crippen LogP contribution in [0.3, 0.4) is 0 Å². The second-order valence-corrected chi connectivity index (χ2v) is 3.85. The van der Waals surface area contributed by atoms with Gasteiger partial charge in [0.15, 0.2) is 5.78 Å². The molecule has 0 aromatic heterocycles. The summed E-state index contributed by atoms with van der Waals surface area (Å²) in [6, 6.07) is 3.00. The zero-order valence-electron chi connectivity index (χ0n) is 9.81. The van der Waals surface area contributed by atoms with E-state index in [4.69, 9.17) is 4.74 Å². The van der Waals surface area contributed by atoms with Crippen molar-refractivity contribution in [1.82, 2.24) is 0 Å². The van der Waals surface area contributed by atoms with Crippen LogP contribution < -0.4 is 4.74 Å².